The van der Waals surface area contributed by atoms with Gasteiger partial charge in [-0.3, -0.25) is 19.3 Å². The number of carbonyl (C=O) groups is 3. The molecule has 6 nitrogen and oxygen atoms in total. The van der Waals surface area contributed by atoms with Gasteiger partial charge >= 0.3 is 0 Å². The van der Waals surface area contributed by atoms with Crippen LogP contribution in [0.25, 0.3) is 6.08 Å². The zero-order valence-corrected chi connectivity index (χ0v) is 18.2. The molecule has 156 valence electrons. The third-order valence-electron chi connectivity index (χ3n) is 4.49. The normalized spacial score (nSPS) is 15.2. The second kappa shape index (κ2) is 9.17. The largest absolute Gasteiger partial charge is 0.490 e. The monoisotopic (exact) mass is 424 g/mol. The fourth-order valence-electron chi connectivity index (χ4n) is 3.07. The number of benzene rings is 2. The van der Waals surface area contributed by atoms with E-state index < -0.39 is 17.1 Å². The number of nitrogens with one attached hydrogen (secondary N) is 1. The van der Waals surface area contributed by atoms with Crippen molar-refractivity contribution >= 4 is 40.6 Å². The van der Waals surface area contributed by atoms with Crippen LogP contribution in [-0.2, 0) is 9.59 Å². The molecule has 0 unspecified atom stereocenters. The van der Waals surface area contributed by atoms with Gasteiger partial charge in [0.15, 0.2) is 0 Å². The SMILES string of the molecule is Cc1cccc(C)c1NC(=O)CN1C(=O)S/C(=C\c2ccccc2OC(C)C)C1=O. The van der Waals surface area contributed by atoms with Gasteiger partial charge in [0.1, 0.15) is 12.3 Å². The molecule has 1 N–H and O–H groups in total. The summed E-state index contributed by atoms with van der Waals surface area (Å²) in [5.74, 6) is -0.271. The van der Waals surface area contributed by atoms with Crippen LogP contribution >= 0.6 is 11.8 Å². The minimum Gasteiger partial charge on any atom is -0.490 e. The van der Waals surface area contributed by atoms with Crippen molar-refractivity contribution in [1.82, 2.24) is 4.90 Å². The predicted molar refractivity (Wildman–Crippen MR) is 119 cm³/mol. The first-order chi connectivity index (χ1) is 14.3. The molecule has 1 aliphatic rings. The summed E-state index contributed by atoms with van der Waals surface area (Å²) in [7, 11) is 0. The van der Waals surface area contributed by atoms with Gasteiger partial charge in [0.05, 0.1) is 11.0 Å². The van der Waals surface area contributed by atoms with Crippen LogP contribution in [-0.4, -0.2) is 34.6 Å². The average Bonchev–Trinajstić information content (AvgIpc) is 2.93. The van der Waals surface area contributed by atoms with Crippen molar-refractivity contribution in [3.05, 3.63) is 64.1 Å². The summed E-state index contributed by atoms with van der Waals surface area (Å²) >= 11 is 0.822. The molecular formula is C23H24N2O4S. The van der Waals surface area contributed by atoms with Gasteiger partial charge in [-0.2, -0.15) is 0 Å². The highest BCUT2D eigenvalue weighted by Gasteiger charge is 2.36. The molecule has 3 rings (SSSR count). The smallest absolute Gasteiger partial charge is 0.294 e. The van der Waals surface area contributed by atoms with Gasteiger partial charge in [-0.1, -0.05) is 36.4 Å². The van der Waals surface area contributed by atoms with Gasteiger partial charge in [-0.05, 0) is 62.7 Å². The molecule has 30 heavy (non-hydrogen) atoms. The highest BCUT2D eigenvalue weighted by atomic mass is 32.2. The zero-order valence-electron chi connectivity index (χ0n) is 17.4. The number of imide groups is 1. The van der Waals surface area contributed by atoms with Gasteiger partial charge in [-0.25, -0.2) is 0 Å². The highest BCUT2D eigenvalue weighted by Crippen LogP contribution is 2.34. The van der Waals surface area contributed by atoms with E-state index in [0.29, 0.717) is 17.0 Å². The first-order valence-electron chi connectivity index (χ1n) is 9.63. The van der Waals surface area contributed by atoms with E-state index in [0.717, 1.165) is 27.8 Å². The molecule has 0 bridgehead atoms. The maximum absolute atomic E-state index is 12.8. The molecule has 7 heteroatoms. The number of anilines is 1. The van der Waals surface area contributed by atoms with Crippen LogP contribution in [0, 0.1) is 13.8 Å². The lowest BCUT2D eigenvalue weighted by Gasteiger charge is -2.15. The Morgan fingerprint density at radius 2 is 1.77 bits per heavy atom. The Labute approximate surface area is 180 Å². The van der Waals surface area contributed by atoms with Crippen molar-refractivity contribution in [2.24, 2.45) is 0 Å². The van der Waals surface area contributed by atoms with E-state index in [-0.39, 0.29) is 17.6 Å². The molecule has 1 saturated heterocycles. The highest BCUT2D eigenvalue weighted by molar-refractivity contribution is 8.18. The van der Waals surface area contributed by atoms with E-state index in [1.54, 1.807) is 6.08 Å². The molecule has 0 spiro atoms. The van der Waals surface area contributed by atoms with E-state index >= 15 is 0 Å². The lowest BCUT2D eigenvalue weighted by molar-refractivity contribution is -0.127. The molecule has 0 atom stereocenters. The van der Waals surface area contributed by atoms with Crippen LogP contribution in [0.1, 0.15) is 30.5 Å². The first kappa shape index (κ1) is 21.6. The van der Waals surface area contributed by atoms with Gasteiger partial charge < -0.3 is 10.1 Å². The molecule has 3 amide bonds. The third kappa shape index (κ3) is 4.91. The van der Waals surface area contributed by atoms with Crippen LogP contribution in [0.3, 0.4) is 0 Å². The molecule has 0 saturated carbocycles. The number of rotatable bonds is 6. The molecule has 0 aromatic heterocycles. The van der Waals surface area contributed by atoms with Gasteiger partial charge in [0, 0.05) is 11.3 Å². The third-order valence-corrected chi connectivity index (χ3v) is 5.40. The first-order valence-corrected chi connectivity index (χ1v) is 10.4. The Morgan fingerprint density at radius 1 is 1.10 bits per heavy atom. The standard InChI is InChI=1S/C23H24N2O4S/c1-14(2)29-18-11-6-5-10-17(18)12-19-22(27)25(23(28)30-19)13-20(26)24-21-15(3)8-7-9-16(21)4/h5-12,14H,13H2,1-4H3,(H,24,26)/b19-12-. The molecule has 0 aliphatic carbocycles. The average molecular weight is 425 g/mol. The van der Waals surface area contributed by atoms with Crippen molar-refractivity contribution in [1.29, 1.82) is 0 Å². The zero-order chi connectivity index (χ0) is 21.8. The lowest BCUT2D eigenvalue weighted by atomic mass is 10.1. The molecular weight excluding hydrogens is 400 g/mol. The Hall–Kier alpha value is -3.06. The Balaban J connectivity index is 1.75. The molecule has 1 fully saturated rings. The van der Waals surface area contributed by atoms with E-state index in [4.69, 9.17) is 4.74 Å². The van der Waals surface area contributed by atoms with E-state index in [1.807, 2.05) is 70.2 Å². The topological polar surface area (TPSA) is 75.7 Å². The minimum absolute atomic E-state index is 0.0248. The Morgan fingerprint density at radius 3 is 2.43 bits per heavy atom. The summed E-state index contributed by atoms with van der Waals surface area (Å²) in [5.41, 5.74) is 3.24. The molecule has 2 aromatic carbocycles. The van der Waals surface area contributed by atoms with E-state index in [1.165, 1.54) is 0 Å². The number of amides is 3. The van der Waals surface area contributed by atoms with Crippen LogP contribution in [0.5, 0.6) is 5.75 Å². The van der Waals surface area contributed by atoms with Crippen molar-refractivity contribution < 1.29 is 19.1 Å². The number of ether oxygens (including phenoxy) is 1. The van der Waals surface area contributed by atoms with Crippen molar-refractivity contribution in [3.63, 3.8) is 0 Å². The fourth-order valence-corrected chi connectivity index (χ4v) is 3.90. The minimum atomic E-state index is -0.485. The summed E-state index contributed by atoms with van der Waals surface area (Å²) in [6.45, 7) is 7.28. The number of hydrogen-bond acceptors (Lipinski definition) is 5. The fraction of sp³-hybridized carbons (Fsp3) is 0.261. The molecule has 2 aromatic rings. The van der Waals surface area contributed by atoms with Crippen molar-refractivity contribution in [3.8, 4) is 5.75 Å². The Bertz CT molecular complexity index is 1010. The van der Waals surface area contributed by atoms with Gasteiger partial charge in [-0.15, -0.1) is 0 Å². The van der Waals surface area contributed by atoms with Crippen LogP contribution in [0.4, 0.5) is 10.5 Å². The second-order valence-corrected chi connectivity index (χ2v) is 8.28. The van der Waals surface area contributed by atoms with E-state index in [9.17, 15) is 14.4 Å². The van der Waals surface area contributed by atoms with E-state index in [2.05, 4.69) is 5.32 Å². The number of aryl methyl sites for hydroxylation is 2. The number of thioether (sulfide) groups is 1. The summed E-state index contributed by atoms with van der Waals surface area (Å²) in [6, 6.07) is 13.0. The second-order valence-electron chi connectivity index (χ2n) is 7.29. The predicted octanol–water partition coefficient (Wildman–Crippen LogP) is 4.77. The summed E-state index contributed by atoms with van der Waals surface area (Å²) < 4.78 is 5.77. The van der Waals surface area contributed by atoms with Gasteiger partial charge in [0.25, 0.3) is 11.1 Å². The lowest BCUT2D eigenvalue weighted by Crippen LogP contribution is -2.36. The van der Waals surface area contributed by atoms with Crippen LogP contribution in [0.15, 0.2) is 47.4 Å². The number of hydrogen-bond donors (Lipinski definition) is 1. The number of para-hydroxylation sites is 2. The van der Waals surface area contributed by atoms with Crippen molar-refractivity contribution in [2.45, 2.75) is 33.8 Å². The quantitative estimate of drug-likeness (QED) is 0.677. The number of nitrogens with zero attached hydrogens (tertiary/aromatic N) is 1. The van der Waals surface area contributed by atoms with Gasteiger partial charge in [0.2, 0.25) is 5.91 Å². The molecule has 0 radical (unpaired) electrons. The molecule has 1 aliphatic heterocycles. The number of carbonyl (C=O) groups excluding carboxylic acids is 3. The maximum atomic E-state index is 12.8. The van der Waals surface area contributed by atoms with Crippen LogP contribution in [0.2, 0.25) is 0 Å². The van der Waals surface area contributed by atoms with Crippen molar-refractivity contribution in [2.75, 3.05) is 11.9 Å². The molecule has 1 heterocycles. The van der Waals surface area contributed by atoms with Crippen LogP contribution < -0.4 is 10.1 Å². The summed E-state index contributed by atoms with van der Waals surface area (Å²) in [6.07, 6.45) is 1.61. The summed E-state index contributed by atoms with van der Waals surface area (Å²) in [5, 5.41) is 2.34. The summed E-state index contributed by atoms with van der Waals surface area (Å²) in [4.78, 5) is 38.9. The Kier molecular flexibility index (Phi) is 6.62. The maximum Gasteiger partial charge on any atom is 0.294 e.